The van der Waals surface area contributed by atoms with Gasteiger partial charge in [0.15, 0.2) is 6.61 Å². The van der Waals surface area contributed by atoms with Crippen LogP contribution in [0.4, 0.5) is 0 Å². The standard InChI is InChI=1S/C13H9ClO3S/c14-13-5-4-12(18-13)11(16)8-17-10-3-1-2-9(6-10)7-15/h1-7H,8H2. The quantitative estimate of drug-likeness (QED) is 0.622. The van der Waals surface area contributed by atoms with Crippen LogP contribution < -0.4 is 4.74 Å². The van der Waals surface area contributed by atoms with Crippen LogP contribution in [0, 0.1) is 0 Å². The fourth-order valence-electron chi connectivity index (χ4n) is 1.36. The Morgan fingerprint density at radius 1 is 1.33 bits per heavy atom. The van der Waals surface area contributed by atoms with Crippen LogP contribution in [0.25, 0.3) is 0 Å². The van der Waals surface area contributed by atoms with E-state index in [1.807, 2.05) is 0 Å². The van der Waals surface area contributed by atoms with Gasteiger partial charge in [0.2, 0.25) is 5.78 Å². The molecule has 0 N–H and O–H groups in total. The molecule has 0 aliphatic heterocycles. The maximum absolute atomic E-state index is 11.7. The summed E-state index contributed by atoms with van der Waals surface area (Å²) in [6, 6.07) is 9.99. The molecule has 1 aromatic carbocycles. The predicted octanol–water partition coefficient (Wildman–Crippen LogP) is 3.48. The summed E-state index contributed by atoms with van der Waals surface area (Å²) in [7, 11) is 0. The van der Waals surface area contributed by atoms with Gasteiger partial charge in [0, 0.05) is 5.56 Å². The van der Waals surface area contributed by atoms with Crippen LogP contribution in [0.1, 0.15) is 20.0 Å². The van der Waals surface area contributed by atoms with Crippen LogP contribution >= 0.6 is 22.9 Å². The third kappa shape index (κ3) is 3.18. The minimum absolute atomic E-state index is 0.0703. The summed E-state index contributed by atoms with van der Waals surface area (Å²) in [5, 5.41) is 0. The number of ether oxygens (including phenoxy) is 1. The Morgan fingerprint density at radius 3 is 2.83 bits per heavy atom. The molecule has 0 spiro atoms. The zero-order valence-electron chi connectivity index (χ0n) is 9.26. The average Bonchev–Trinajstić information content (AvgIpc) is 2.83. The molecule has 0 amide bonds. The van der Waals surface area contributed by atoms with Crippen molar-refractivity contribution in [3.63, 3.8) is 0 Å². The van der Waals surface area contributed by atoms with Crippen LogP contribution in [0.15, 0.2) is 36.4 Å². The second-order valence-corrected chi connectivity index (χ2v) is 5.22. The first-order valence-electron chi connectivity index (χ1n) is 5.15. The molecule has 0 radical (unpaired) electrons. The summed E-state index contributed by atoms with van der Waals surface area (Å²) in [6.07, 6.45) is 0.730. The topological polar surface area (TPSA) is 43.4 Å². The molecule has 5 heteroatoms. The monoisotopic (exact) mass is 280 g/mol. The maximum atomic E-state index is 11.7. The van der Waals surface area contributed by atoms with E-state index in [1.54, 1.807) is 36.4 Å². The molecule has 1 aromatic heterocycles. The summed E-state index contributed by atoms with van der Waals surface area (Å²) >= 11 is 6.97. The van der Waals surface area contributed by atoms with Crippen molar-refractivity contribution in [3.8, 4) is 5.75 Å². The van der Waals surface area contributed by atoms with E-state index in [1.165, 1.54) is 11.3 Å². The predicted molar refractivity (Wildman–Crippen MR) is 71.0 cm³/mol. The van der Waals surface area contributed by atoms with E-state index in [4.69, 9.17) is 16.3 Å². The van der Waals surface area contributed by atoms with Crippen LogP contribution in [0.3, 0.4) is 0 Å². The number of carbonyl (C=O) groups excluding carboxylic acids is 2. The van der Waals surface area contributed by atoms with E-state index in [0.29, 0.717) is 20.5 Å². The Bertz CT molecular complexity index is 577. The number of aldehydes is 1. The van der Waals surface area contributed by atoms with Crippen molar-refractivity contribution in [1.29, 1.82) is 0 Å². The number of rotatable bonds is 5. The number of halogens is 1. The molecular weight excluding hydrogens is 272 g/mol. The van der Waals surface area contributed by atoms with Crippen LogP contribution in [-0.4, -0.2) is 18.7 Å². The first-order valence-corrected chi connectivity index (χ1v) is 6.35. The van der Waals surface area contributed by atoms with Gasteiger partial charge in [-0.3, -0.25) is 9.59 Å². The van der Waals surface area contributed by atoms with Crippen molar-refractivity contribution in [2.45, 2.75) is 0 Å². The Balaban J connectivity index is 1.99. The molecule has 0 aliphatic carbocycles. The van der Waals surface area contributed by atoms with Crippen molar-refractivity contribution in [2.24, 2.45) is 0 Å². The van der Waals surface area contributed by atoms with Gasteiger partial charge in [-0.25, -0.2) is 0 Å². The Morgan fingerprint density at radius 2 is 2.17 bits per heavy atom. The first-order chi connectivity index (χ1) is 8.69. The highest BCUT2D eigenvalue weighted by molar-refractivity contribution is 7.18. The van der Waals surface area contributed by atoms with Gasteiger partial charge in [-0.2, -0.15) is 0 Å². The van der Waals surface area contributed by atoms with Gasteiger partial charge in [-0.15, -0.1) is 11.3 Å². The van der Waals surface area contributed by atoms with E-state index in [-0.39, 0.29) is 12.4 Å². The summed E-state index contributed by atoms with van der Waals surface area (Å²) in [4.78, 5) is 22.9. The highest BCUT2D eigenvalue weighted by atomic mass is 35.5. The molecule has 92 valence electrons. The lowest BCUT2D eigenvalue weighted by Crippen LogP contribution is -2.10. The van der Waals surface area contributed by atoms with Crippen molar-refractivity contribution in [3.05, 3.63) is 51.2 Å². The van der Waals surface area contributed by atoms with Gasteiger partial charge in [0.05, 0.1) is 9.21 Å². The van der Waals surface area contributed by atoms with Gasteiger partial charge < -0.3 is 4.74 Å². The number of ketones is 1. The molecule has 2 aromatic rings. The molecule has 1 heterocycles. The molecule has 0 saturated heterocycles. The highest BCUT2D eigenvalue weighted by Gasteiger charge is 2.09. The molecule has 0 atom stereocenters. The zero-order valence-corrected chi connectivity index (χ0v) is 10.8. The smallest absolute Gasteiger partial charge is 0.210 e. The third-order valence-corrected chi connectivity index (χ3v) is 3.48. The van der Waals surface area contributed by atoms with Crippen molar-refractivity contribution in [2.75, 3.05) is 6.61 Å². The number of carbonyl (C=O) groups is 2. The number of benzene rings is 1. The second kappa shape index (κ2) is 5.80. The summed E-state index contributed by atoms with van der Waals surface area (Å²) in [6.45, 7) is -0.0703. The van der Waals surface area contributed by atoms with Gasteiger partial charge in [-0.1, -0.05) is 23.7 Å². The van der Waals surface area contributed by atoms with Gasteiger partial charge in [-0.05, 0) is 24.3 Å². The van der Waals surface area contributed by atoms with Crippen molar-refractivity contribution >= 4 is 35.0 Å². The number of thiophene rings is 1. The Labute approximate surface area is 113 Å². The fraction of sp³-hybridized carbons (Fsp3) is 0.0769. The molecule has 0 bridgehead atoms. The van der Waals surface area contributed by atoms with E-state index in [2.05, 4.69) is 0 Å². The van der Waals surface area contributed by atoms with Gasteiger partial charge >= 0.3 is 0 Å². The maximum Gasteiger partial charge on any atom is 0.210 e. The number of hydrogen-bond acceptors (Lipinski definition) is 4. The van der Waals surface area contributed by atoms with Crippen LogP contribution in [0.5, 0.6) is 5.75 Å². The molecule has 0 aliphatic rings. The SMILES string of the molecule is O=Cc1cccc(OCC(=O)c2ccc(Cl)s2)c1. The van der Waals surface area contributed by atoms with E-state index in [9.17, 15) is 9.59 Å². The Hall–Kier alpha value is -1.65. The molecule has 0 saturated carbocycles. The lowest BCUT2D eigenvalue weighted by Gasteiger charge is -2.04. The summed E-state index contributed by atoms with van der Waals surface area (Å²) < 4.78 is 5.90. The second-order valence-electron chi connectivity index (χ2n) is 3.51. The first kappa shape index (κ1) is 12.8. The average molecular weight is 281 g/mol. The minimum atomic E-state index is -0.136. The number of hydrogen-bond donors (Lipinski definition) is 0. The lowest BCUT2D eigenvalue weighted by molar-refractivity contribution is 0.0925. The molecule has 3 nitrogen and oxygen atoms in total. The van der Waals surface area contributed by atoms with Gasteiger partial charge in [0.25, 0.3) is 0 Å². The van der Waals surface area contributed by atoms with E-state index in [0.717, 1.165) is 6.29 Å². The normalized spacial score (nSPS) is 10.1. The van der Waals surface area contributed by atoms with Crippen LogP contribution in [0.2, 0.25) is 4.34 Å². The molecule has 0 fully saturated rings. The Kier molecular flexibility index (Phi) is 4.12. The molecule has 0 unspecified atom stereocenters. The molecular formula is C13H9ClO3S. The van der Waals surface area contributed by atoms with Gasteiger partial charge in [0.1, 0.15) is 12.0 Å². The van der Waals surface area contributed by atoms with Crippen molar-refractivity contribution < 1.29 is 14.3 Å². The fourth-order valence-corrected chi connectivity index (χ4v) is 2.33. The van der Waals surface area contributed by atoms with E-state index >= 15 is 0 Å². The molecule has 18 heavy (non-hydrogen) atoms. The van der Waals surface area contributed by atoms with E-state index < -0.39 is 0 Å². The largest absolute Gasteiger partial charge is 0.485 e. The number of Topliss-reactive ketones (excluding diaryl/α,β-unsaturated/α-hetero) is 1. The summed E-state index contributed by atoms with van der Waals surface area (Å²) in [5.41, 5.74) is 0.513. The minimum Gasteiger partial charge on any atom is -0.485 e. The zero-order chi connectivity index (χ0) is 13.0. The lowest BCUT2D eigenvalue weighted by atomic mass is 10.2. The highest BCUT2D eigenvalue weighted by Crippen LogP contribution is 2.22. The van der Waals surface area contributed by atoms with Crippen LogP contribution in [-0.2, 0) is 0 Å². The molecule has 2 rings (SSSR count). The van der Waals surface area contributed by atoms with Crippen molar-refractivity contribution in [1.82, 2.24) is 0 Å². The summed E-state index contributed by atoms with van der Waals surface area (Å²) in [5.74, 6) is 0.360. The third-order valence-electron chi connectivity index (χ3n) is 2.21.